The molecule has 0 aromatic carbocycles. The van der Waals surface area contributed by atoms with Gasteiger partial charge in [0, 0.05) is 17.6 Å². The third kappa shape index (κ3) is 1.78. The molecule has 1 aromatic rings. The van der Waals surface area contributed by atoms with E-state index in [0.29, 0.717) is 6.04 Å². The Bertz CT molecular complexity index is 490. The maximum Gasteiger partial charge on any atom is 0.138 e. The molecule has 4 rings (SSSR count). The van der Waals surface area contributed by atoms with Crippen LogP contribution in [-0.4, -0.2) is 11.2 Å². The Morgan fingerprint density at radius 1 is 1.15 bits per heavy atom. The van der Waals surface area contributed by atoms with Gasteiger partial charge < -0.3 is 9.84 Å². The fourth-order valence-electron chi connectivity index (χ4n) is 5.77. The van der Waals surface area contributed by atoms with Crippen LogP contribution in [-0.2, 0) is 0 Å². The van der Waals surface area contributed by atoms with Crippen molar-refractivity contribution in [3.05, 3.63) is 17.0 Å². The summed E-state index contributed by atoms with van der Waals surface area (Å²) in [6.45, 7) is 6.35. The van der Waals surface area contributed by atoms with Gasteiger partial charge in [-0.25, -0.2) is 0 Å². The third-order valence-electron chi connectivity index (χ3n) is 6.41. The molecule has 3 fully saturated rings. The average molecular weight is 274 g/mol. The van der Waals surface area contributed by atoms with E-state index < -0.39 is 0 Å². The van der Waals surface area contributed by atoms with Crippen molar-refractivity contribution in [1.29, 1.82) is 0 Å². The SMILES string of the molecule is Cc1noc(C)c1C(C)NC1CC2CC1C1CCCC21. The van der Waals surface area contributed by atoms with Crippen molar-refractivity contribution in [2.75, 3.05) is 0 Å². The van der Waals surface area contributed by atoms with Crippen LogP contribution >= 0.6 is 0 Å². The second-order valence-electron chi connectivity index (χ2n) is 7.39. The summed E-state index contributed by atoms with van der Waals surface area (Å²) in [7, 11) is 0. The minimum Gasteiger partial charge on any atom is -0.361 e. The van der Waals surface area contributed by atoms with Crippen LogP contribution in [0.4, 0.5) is 0 Å². The number of nitrogens with one attached hydrogen (secondary N) is 1. The van der Waals surface area contributed by atoms with Gasteiger partial charge in [0.1, 0.15) is 5.76 Å². The molecule has 3 saturated carbocycles. The summed E-state index contributed by atoms with van der Waals surface area (Å²) in [5, 5.41) is 8.00. The van der Waals surface area contributed by atoms with Crippen LogP contribution in [0.15, 0.2) is 4.52 Å². The molecule has 0 spiro atoms. The molecular weight excluding hydrogens is 248 g/mol. The van der Waals surface area contributed by atoms with Gasteiger partial charge >= 0.3 is 0 Å². The predicted molar refractivity (Wildman–Crippen MR) is 78.4 cm³/mol. The fraction of sp³-hybridized carbons (Fsp3) is 0.824. The molecule has 3 aliphatic carbocycles. The maximum atomic E-state index is 5.32. The van der Waals surface area contributed by atoms with Crippen LogP contribution in [0.3, 0.4) is 0 Å². The van der Waals surface area contributed by atoms with Crippen molar-refractivity contribution in [3.63, 3.8) is 0 Å². The molecule has 110 valence electrons. The highest BCUT2D eigenvalue weighted by atomic mass is 16.5. The van der Waals surface area contributed by atoms with Crippen molar-refractivity contribution >= 4 is 0 Å². The van der Waals surface area contributed by atoms with Crippen LogP contribution in [0.1, 0.15) is 62.1 Å². The van der Waals surface area contributed by atoms with Gasteiger partial charge in [0.25, 0.3) is 0 Å². The van der Waals surface area contributed by atoms with E-state index in [1.165, 1.54) is 37.7 Å². The molecule has 6 atom stereocenters. The van der Waals surface area contributed by atoms with E-state index in [1.54, 1.807) is 0 Å². The topological polar surface area (TPSA) is 38.1 Å². The second kappa shape index (κ2) is 4.59. The first-order valence-corrected chi connectivity index (χ1v) is 8.34. The lowest BCUT2D eigenvalue weighted by atomic mass is 9.79. The molecule has 0 radical (unpaired) electrons. The first-order valence-electron chi connectivity index (χ1n) is 8.34. The van der Waals surface area contributed by atoms with Crippen LogP contribution < -0.4 is 5.32 Å². The quantitative estimate of drug-likeness (QED) is 0.912. The third-order valence-corrected chi connectivity index (χ3v) is 6.41. The molecule has 20 heavy (non-hydrogen) atoms. The summed E-state index contributed by atoms with van der Waals surface area (Å²) >= 11 is 0. The highest BCUT2D eigenvalue weighted by Gasteiger charge is 2.53. The highest BCUT2D eigenvalue weighted by molar-refractivity contribution is 5.24. The Labute approximate surface area is 121 Å². The first-order chi connectivity index (χ1) is 9.65. The van der Waals surface area contributed by atoms with Crippen LogP contribution in [0.5, 0.6) is 0 Å². The van der Waals surface area contributed by atoms with E-state index in [4.69, 9.17) is 4.52 Å². The van der Waals surface area contributed by atoms with Gasteiger partial charge in [-0.3, -0.25) is 0 Å². The highest BCUT2D eigenvalue weighted by Crippen LogP contribution is 2.58. The zero-order valence-electron chi connectivity index (χ0n) is 12.9. The summed E-state index contributed by atoms with van der Waals surface area (Å²) in [4.78, 5) is 0. The summed E-state index contributed by atoms with van der Waals surface area (Å²) in [6.07, 6.45) is 7.37. The molecule has 3 aliphatic rings. The summed E-state index contributed by atoms with van der Waals surface area (Å²) < 4.78 is 5.32. The lowest BCUT2D eigenvalue weighted by Crippen LogP contribution is -2.40. The van der Waals surface area contributed by atoms with Crippen molar-refractivity contribution < 1.29 is 4.52 Å². The molecule has 0 amide bonds. The smallest absolute Gasteiger partial charge is 0.138 e. The molecular formula is C17H26N2O. The summed E-state index contributed by atoms with van der Waals surface area (Å²) in [5.41, 5.74) is 2.32. The van der Waals surface area contributed by atoms with Crippen LogP contribution in [0, 0.1) is 37.5 Å². The molecule has 1 heterocycles. The van der Waals surface area contributed by atoms with E-state index >= 15 is 0 Å². The Morgan fingerprint density at radius 2 is 1.95 bits per heavy atom. The minimum absolute atomic E-state index is 0.366. The molecule has 1 aromatic heterocycles. The van der Waals surface area contributed by atoms with E-state index in [0.717, 1.165) is 41.2 Å². The number of aromatic nitrogens is 1. The van der Waals surface area contributed by atoms with Gasteiger partial charge in [-0.05, 0) is 70.1 Å². The summed E-state index contributed by atoms with van der Waals surface area (Å²) in [6, 6.07) is 1.09. The lowest BCUT2D eigenvalue weighted by molar-refractivity contribution is 0.200. The number of fused-ring (bicyclic) bond motifs is 5. The first kappa shape index (κ1) is 12.9. The number of hydrogen-bond acceptors (Lipinski definition) is 3. The molecule has 6 unspecified atom stereocenters. The van der Waals surface area contributed by atoms with E-state index in [1.807, 2.05) is 6.92 Å². The van der Waals surface area contributed by atoms with Crippen molar-refractivity contribution in [2.45, 2.75) is 65.0 Å². The molecule has 3 nitrogen and oxygen atoms in total. The van der Waals surface area contributed by atoms with E-state index in [2.05, 4.69) is 24.3 Å². The Morgan fingerprint density at radius 3 is 2.70 bits per heavy atom. The van der Waals surface area contributed by atoms with Gasteiger partial charge in [0.05, 0.1) is 5.69 Å². The molecule has 2 bridgehead atoms. The predicted octanol–water partition coefficient (Wildman–Crippen LogP) is 3.77. The zero-order chi connectivity index (χ0) is 13.9. The number of rotatable bonds is 3. The minimum atomic E-state index is 0.366. The van der Waals surface area contributed by atoms with Crippen molar-refractivity contribution in [1.82, 2.24) is 10.5 Å². The van der Waals surface area contributed by atoms with Gasteiger partial charge in [-0.15, -0.1) is 0 Å². The van der Waals surface area contributed by atoms with Crippen molar-refractivity contribution in [2.24, 2.45) is 23.7 Å². The summed E-state index contributed by atoms with van der Waals surface area (Å²) in [5.74, 6) is 5.04. The van der Waals surface area contributed by atoms with Gasteiger partial charge in [0.2, 0.25) is 0 Å². The monoisotopic (exact) mass is 274 g/mol. The standard InChI is InChI=1S/C17H26N2O/c1-9(17-10(2)19-20-11(17)3)18-16-8-12-7-15(16)14-6-4-5-13(12)14/h9,12-16,18H,4-8H2,1-3H3. The molecule has 0 aliphatic heterocycles. The molecule has 3 heteroatoms. The molecule has 1 N–H and O–H groups in total. The van der Waals surface area contributed by atoms with Gasteiger partial charge in [-0.1, -0.05) is 11.6 Å². The number of aryl methyl sites for hydroxylation is 2. The second-order valence-corrected chi connectivity index (χ2v) is 7.39. The van der Waals surface area contributed by atoms with Gasteiger partial charge in [-0.2, -0.15) is 0 Å². The Balaban J connectivity index is 1.48. The Hall–Kier alpha value is -0.830. The Kier molecular flexibility index (Phi) is 2.95. The number of hydrogen-bond donors (Lipinski definition) is 1. The normalized spacial score (nSPS) is 40.2. The van der Waals surface area contributed by atoms with E-state index in [-0.39, 0.29) is 0 Å². The zero-order valence-corrected chi connectivity index (χ0v) is 12.9. The van der Waals surface area contributed by atoms with Crippen LogP contribution in [0.25, 0.3) is 0 Å². The van der Waals surface area contributed by atoms with E-state index in [9.17, 15) is 0 Å². The fourth-order valence-corrected chi connectivity index (χ4v) is 5.77. The lowest BCUT2D eigenvalue weighted by Gasteiger charge is -2.34. The van der Waals surface area contributed by atoms with Crippen LogP contribution in [0.2, 0.25) is 0 Å². The largest absolute Gasteiger partial charge is 0.361 e. The van der Waals surface area contributed by atoms with Crippen molar-refractivity contribution in [3.8, 4) is 0 Å². The maximum absolute atomic E-state index is 5.32. The number of nitrogens with zero attached hydrogens (tertiary/aromatic N) is 1. The molecule has 0 saturated heterocycles. The average Bonchev–Trinajstić information content (AvgIpc) is 3.10. The van der Waals surface area contributed by atoms with Gasteiger partial charge in [0.15, 0.2) is 0 Å².